The first-order valence-corrected chi connectivity index (χ1v) is 4.09. The Bertz CT molecular complexity index is 127. The average Bonchev–Trinajstić information content (AvgIpc) is 2.01. The Kier molecular flexibility index (Phi) is 6.70. The molecule has 0 aliphatic rings. The molecular formula is C8H17NO3. The van der Waals surface area contributed by atoms with Crippen molar-refractivity contribution < 1.29 is 14.3 Å². The summed E-state index contributed by atoms with van der Waals surface area (Å²) in [5, 5.41) is 2.88. The smallest absolute Gasteiger partial charge is 0.320 e. The van der Waals surface area contributed by atoms with E-state index >= 15 is 0 Å². The standard InChI is InChI=1S/C8H17NO3/c1-4-9-5-8(10)12-7(2)6-11-3/h7,9H,4-6H2,1-3H3. The second kappa shape index (κ2) is 7.06. The lowest BCUT2D eigenvalue weighted by molar-refractivity contribution is -0.149. The number of nitrogens with one attached hydrogen (secondary N) is 1. The molecule has 4 nitrogen and oxygen atoms in total. The number of hydrogen-bond donors (Lipinski definition) is 1. The van der Waals surface area contributed by atoms with Gasteiger partial charge in [0.25, 0.3) is 0 Å². The Balaban J connectivity index is 3.40. The molecule has 0 spiro atoms. The minimum atomic E-state index is -0.235. The molecular weight excluding hydrogens is 158 g/mol. The Hall–Kier alpha value is -0.610. The Labute approximate surface area is 73.2 Å². The van der Waals surface area contributed by atoms with E-state index in [9.17, 15) is 4.79 Å². The lowest BCUT2D eigenvalue weighted by atomic mass is 10.4. The molecule has 0 saturated carbocycles. The molecule has 0 saturated heterocycles. The maximum absolute atomic E-state index is 10.9. The third-order valence-corrected chi connectivity index (χ3v) is 1.25. The summed E-state index contributed by atoms with van der Waals surface area (Å²) in [5.41, 5.74) is 0. The lowest BCUT2D eigenvalue weighted by Crippen LogP contribution is -2.28. The monoisotopic (exact) mass is 175 g/mol. The summed E-state index contributed by atoms with van der Waals surface area (Å²) in [6, 6.07) is 0. The summed E-state index contributed by atoms with van der Waals surface area (Å²) in [5.74, 6) is -0.235. The van der Waals surface area contributed by atoms with Crippen molar-refractivity contribution in [1.82, 2.24) is 5.32 Å². The molecule has 0 fully saturated rings. The molecule has 0 bridgehead atoms. The van der Waals surface area contributed by atoms with Gasteiger partial charge >= 0.3 is 5.97 Å². The van der Waals surface area contributed by atoms with Gasteiger partial charge in [-0.05, 0) is 13.5 Å². The maximum Gasteiger partial charge on any atom is 0.320 e. The van der Waals surface area contributed by atoms with Gasteiger partial charge in [0, 0.05) is 7.11 Å². The van der Waals surface area contributed by atoms with Crippen LogP contribution in [0.3, 0.4) is 0 Å². The summed E-state index contributed by atoms with van der Waals surface area (Å²) in [6.07, 6.45) is -0.166. The molecule has 1 N–H and O–H groups in total. The number of likely N-dealkylation sites (N-methyl/N-ethyl adjacent to an activating group) is 1. The third kappa shape index (κ3) is 6.12. The van der Waals surface area contributed by atoms with Crippen molar-refractivity contribution in [2.75, 3.05) is 26.8 Å². The number of rotatable bonds is 6. The van der Waals surface area contributed by atoms with E-state index in [4.69, 9.17) is 9.47 Å². The van der Waals surface area contributed by atoms with Gasteiger partial charge in [0.1, 0.15) is 6.10 Å². The molecule has 0 aromatic rings. The Morgan fingerprint density at radius 2 is 2.25 bits per heavy atom. The highest BCUT2D eigenvalue weighted by atomic mass is 16.6. The van der Waals surface area contributed by atoms with Crippen LogP contribution in [0.1, 0.15) is 13.8 Å². The van der Waals surface area contributed by atoms with E-state index < -0.39 is 0 Å². The molecule has 12 heavy (non-hydrogen) atoms. The van der Waals surface area contributed by atoms with Crippen molar-refractivity contribution in [3.8, 4) is 0 Å². The largest absolute Gasteiger partial charge is 0.459 e. The van der Waals surface area contributed by atoms with Crippen molar-refractivity contribution in [3.05, 3.63) is 0 Å². The fourth-order valence-electron chi connectivity index (χ4n) is 0.762. The van der Waals surface area contributed by atoms with Crippen LogP contribution in [-0.4, -0.2) is 38.9 Å². The van der Waals surface area contributed by atoms with Crippen LogP contribution >= 0.6 is 0 Å². The highest BCUT2D eigenvalue weighted by molar-refractivity contribution is 5.71. The van der Waals surface area contributed by atoms with Crippen molar-refractivity contribution in [1.29, 1.82) is 0 Å². The summed E-state index contributed by atoms with van der Waals surface area (Å²) in [7, 11) is 1.58. The van der Waals surface area contributed by atoms with Crippen LogP contribution in [-0.2, 0) is 14.3 Å². The van der Waals surface area contributed by atoms with Gasteiger partial charge in [-0.3, -0.25) is 4.79 Å². The van der Waals surface area contributed by atoms with E-state index in [2.05, 4.69) is 5.32 Å². The first-order chi connectivity index (χ1) is 5.70. The number of ether oxygens (including phenoxy) is 2. The molecule has 4 heteroatoms. The molecule has 0 rings (SSSR count). The second-order valence-corrected chi connectivity index (χ2v) is 2.54. The first-order valence-electron chi connectivity index (χ1n) is 4.09. The van der Waals surface area contributed by atoms with Crippen LogP contribution in [0.5, 0.6) is 0 Å². The molecule has 72 valence electrons. The van der Waals surface area contributed by atoms with Gasteiger partial charge in [0.15, 0.2) is 0 Å². The van der Waals surface area contributed by atoms with E-state index in [1.54, 1.807) is 14.0 Å². The van der Waals surface area contributed by atoms with Crippen LogP contribution in [0, 0.1) is 0 Å². The van der Waals surface area contributed by atoms with Gasteiger partial charge in [-0.2, -0.15) is 0 Å². The normalized spacial score (nSPS) is 12.6. The van der Waals surface area contributed by atoms with E-state index in [0.29, 0.717) is 6.61 Å². The minimum absolute atomic E-state index is 0.166. The number of carbonyl (C=O) groups excluding carboxylic acids is 1. The van der Waals surface area contributed by atoms with E-state index in [-0.39, 0.29) is 18.6 Å². The Morgan fingerprint density at radius 3 is 2.75 bits per heavy atom. The van der Waals surface area contributed by atoms with Gasteiger partial charge in [-0.25, -0.2) is 0 Å². The predicted octanol–water partition coefficient (Wildman–Crippen LogP) is 0.174. The molecule has 0 heterocycles. The first kappa shape index (κ1) is 11.4. The summed E-state index contributed by atoms with van der Waals surface area (Å²) in [4.78, 5) is 10.9. The molecule has 0 aliphatic carbocycles. The van der Waals surface area contributed by atoms with Crippen molar-refractivity contribution in [2.45, 2.75) is 20.0 Å². The van der Waals surface area contributed by atoms with Crippen LogP contribution in [0.2, 0.25) is 0 Å². The second-order valence-electron chi connectivity index (χ2n) is 2.54. The van der Waals surface area contributed by atoms with Crippen molar-refractivity contribution in [3.63, 3.8) is 0 Å². The van der Waals surface area contributed by atoms with Gasteiger partial charge in [0.2, 0.25) is 0 Å². The van der Waals surface area contributed by atoms with Crippen LogP contribution < -0.4 is 5.32 Å². The Morgan fingerprint density at radius 1 is 1.58 bits per heavy atom. The molecule has 0 aromatic carbocycles. The zero-order chi connectivity index (χ0) is 9.40. The minimum Gasteiger partial charge on any atom is -0.459 e. The average molecular weight is 175 g/mol. The quantitative estimate of drug-likeness (QED) is 0.585. The molecule has 0 aromatic heterocycles. The van der Waals surface area contributed by atoms with Gasteiger partial charge < -0.3 is 14.8 Å². The highest BCUT2D eigenvalue weighted by Crippen LogP contribution is 1.90. The highest BCUT2D eigenvalue weighted by Gasteiger charge is 2.07. The van der Waals surface area contributed by atoms with E-state index in [0.717, 1.165) is 6.54 Å². The lowest BCUT2D eigenvalue weighted by Gasteiger charge is -2.11. The van der Waals surface area contributed by atoms with Crippen LogP contribution in [0.25, 0.3) is 0 Å². The van der Waals surface area contributed by atoms with Crippen LogP contribution in [0.4, 0.5) is 0 Å². The molecule has 1 atom stereocenters. The number of esters is 1. The maximum atomic E-state index is 10.9. The number of methoxy groups -OCH3 is 1. The fraction of sp³-hybridized carbons (Fsp3) is 0.875. The van der Waals surface area contributed by atoms with Gasteiger partial charge in [-0.15, -0.1) is 0 Å². The predicted molar refractivity (Wildman–Crippen MR) is 46.0 cm³/mol. The van der Waals surface area contributed by atoms with E-state index in [1.807, 2.05) is 6.92 Å². The fourth-order valence-corrected chi connectivity index (χ4v) is 0.762. The molecule has 1 unspecified atom stereocenters. The van der Waals surface area contributed by atoms with Gasteiger partial charge in [-0.1, -0.05) is 6.92 Å². The summed E-state index contributed by atoms with van der Waals surface area (Å²) < 4.78 is 9.78. The summed E-state index contributed by atoms with van der Waals surface area (Å²) >= 11 is 0. The van der Waals surface area contributed by atoms with E-state index in [1.165, 1.54) is 0 Å². The molecule has 0 amide bonds. The number of carbonyl (C=O) groups is 1. The molecule has 0 aliphatic heterocycles. The SMILES string of the molecule is CCNCC(=O)OC(C)COC. The zero-order valence-electron chi connectivity index (χ0n) is 7.92. The summed E-state index contributed by atoms with van der Waals surface area (Å²) in [6.45, 7) is 5.22. The van der Waals surface area contributed by atoms with Gasteiger partial charge in [0.05, 0.1) is 13.2 Å². The van der Waals surface area contributed by atoms with Crippen LogP contribution in [0.15, 0.2) is 0 Å². The number of hydrogen-bond acceptors (Lipinski definition) is 4. The zero-order valence-corrected chi connectivity index (χ0v) is 7.92. The topological polar surface area (TPSA) is 47.6 Å². The van der Waals surface area contributed by atoms with Crippen molar-refractivity contribution >= 4 is 5.97 Å². The van der Waals surface area contributed by atoms with Crippen molar-refractivity contribution in [2.24, 2.45) is 0 Å². The molecule has 0 radical (unpaired) electrons. The third-order valence-electron chi connectivity index (χ3n) is 1.25.